The zero-order valence-corrected chi connectivity index (χ0v) is 18.0. The van der Waals surface area contributed by atoms with E-state index in [0.29, 0.717) is 24.0 Å². The third-order valence-corrected chi connectivity index (χ3v) is 6.39. The second-order valence-corrected chi connectivity index (χ2v) is 8.26. The number of hydrogen-bond donors (Lipinski definition) is 0. The van der Waals surface area contributed by atoms with Crippen LogP contribution in [-0.4, -0.2) is 53.7 Å². The fraction of sp³-hybridized carbons (Fsp3) is 0.500. The summed E-state index contributed by atoms with van der Waals surface area (Å²) >= 11 is 5.65. The van der Waals surface area contributed by atoms with Crippen LogP contribution in [0.1, 0.15) is 36.5 Å². The maximum atomic E-state index is 6.13. The summed E-state index contributed by atoms with van der Waals surface area (Å²) < 4.78 is 18.5. The molecular formula is C20H25N7O2S. The maximum Gasteiger partial charge on any atom is 0.198 e. The molecular weight excluding hydrogens is 402 g/mol. The van der Waals surface area contributed by atoms with E-state index in [1.807, 2.05) is 52.2 Å². The van der Waals surface area contributed by atoms with Gasteiger partial charge in [-0.15, -0.1) is 10.2 Å². The van der Waals surface area contributed by atoms with E-state index >= 15 is 0 Å². The molecule has 0 N–H and O–H groups in total. The van der Waals surface area contributed by atoms with Crippen LogP contribution in [0.2, 0.25) is 0 Å². The first-order valence-corrected chi connectivity index (χ1v) is 10.6. The van der Waals surface area contributed by atoms with Crippen molar-refractivity contribution >= 4 is 12.2 Å². The van der Waals surface area contributed by atoms with Gasteiger partial charge in [-0.1, -0.05) is 12.1 Å². The fourth-order valence-corrected chi connectivity index (χ4v) is 4.40. The van der Waals surface area contributed by atoms with Crippen LogP contribution in [0, 0.1) is 4.77 Å². The van der Waals surface area contributed by atoms with Crippen LogP contribution < -0.4 is 9.47 Å². The van der Waals surface area contributed by atoms with Gasteiger partial charge in [0.2, 0.25) is 0 Å². The van der Waals surface area contributed by atoms with Gasteiger partial charge in [0.25, 0.3) is 0 Å². The minimum absolute atomic E-state index is 0.283. The number of hydrogen-bond acceptors (Lipinski definition) is 7. The van der Waals surface area contributed by atoms with Gasteiger partial charge in [0.15, 0.2) is 28.2 Å². The molecule has 158 valence electrons. The van der Waals surface area contributed by atoms with Gasteiger partial charge in [0.1, 0.15) is 18.8 Å². The van der Waals surface area contributed by atoms with Crippen LogP contribution in [-0.2, 0) is 20.8 Å². The van der Waals surface area contributed by atoms with Crippen molar-refractivity contribution in [3.8, 4) is 11.5 Å². The normalized spacial score (nSPS) is 19.9. The van der Waals surface area contributed by atoms with Crippen LogP contribution in [0.5, 0.6) is 11.5 Å². The average molecular weight is 428 g/mol. The molecule has 1 unspecified atom stereocenters. The Morgan fingerprint density at radius 2 is 1.87 bits per heavy atom. The Morgan fingerprint density at radius 1 is 1.10 bits per heavy atom. The van der Waals surface area contributed by atoms with Gasteiger partial charge in [-0.25, -0.2) is 4.68 Å². The Morgan fingerprint density at radius 3 is 2.60 bits per heavy atom. The SMILES string of the molecule is Cn1cnnc1C1CCN(Cn2nc(C3COc4ccccc4O3)n(C)c2=S)CC1. The van der Waals surface area contributed by atoms with E-state index in [1.54, 1.807) is 6.33 Å². The van der Waals surface area contributed by atoms with Crippen molar-refractivity contribution in [1.29, 1.82) is 0 Å². The molecule has 0 bridgehead atoms. The van der Waals surface area contributed by atoms with E-state index in [-0.39, 0.29) is 6.10 Å². The molecule has 1 fully saturated rings. The molecule has 0 saturated carbocycles. The van der Waals surface area contributed by atoms with Gasteiger partial charge < -0.3 is 18.6 Å². The lowest BCUT2D eigenvalue weighted by atomic mass is 9.96. The molecule has 2 aliphatic heterocycles. The van der Waals surface area contributed by atoms with Crippen molar-refractivity contribution in [3.63, 3.8) is 0 Å². The summed E-state index contributed by atoms with van der Waals surface area (Å²) in [5.41, 5.74) is 0. The molecule has 1 saturated heterocycles. The molecule has 10 heteroatoms. The van der Waals surface area contributed by atoms with Crippen molar-refractivity contribution in [3.05, 3.63) is 47.0 Å². The smallest absolute Gasteiger partial charge is 0.198 e. The Bertz CT molecular complexity index is 1100. The van der Waals surface area contributed by atoms with Crippen molar-refractivity contribution in [2.24, 2.45) is 14.1 Å². The minimum Gasteiger partial charge on any atom is -0.485 e. The Kier molecular flexibility index (Phi) is 5.03. The van der Waals surface area contributed by atoms with E-state index < -0.39 is 0 Å². The molecule has 0 amide bonds. The molecule has 0 radical (unpaired) electrons. The van der Waals surface area contributed by atoms with Crippen molar-refractivity contribution in [2.75, 3.05) is 19.7 Å². The first-order valence-electron chi connectivity index (χ1n) is 10.2. The predicted molar refractivity (Wildman–Crippen MR) is 112 cm³/mol. The van der Waals surface area contributed by atoms with E-state index in [9.17, 15) is 0 Å². The molecule has 1 atom stereocenters. The van der Waals surface area contributed by atoms with Crippen molar-refractivity contribution in [2.45, 2.75) is 31.5 Å². The monoisotopic (exact) mass is 427 g/mol. The number of rotatable bonds is 4. The van der Waals surface area contributed by atoms with Crippen molar-refractivity contribution in [1.82, 2.24) is 34.0 Å². The number of nitrogens with zero attached hydrogens (tertiary/aromatic N) is 7. The highest BCUT2D eigenvalue weighted by molar-refractivity contribution is 7.71. The van der Waals surface area contributed by atoms with E-state index in [1.165, 1.54) is 0 Å². The number of fused-ring (bicyclic) bond motifs is 1. The van der Waals surface area contributed by atoms with E-state index in [4.69, 9.17) is 26.8 Å². The Balaban J connectivity index is 1.27. The number of piperidine rings is 1. The van der Waals surface area contributed by atoms with Gasteiger partial charge in [-0.2, -0.15) is 5.10 Å². The number of benzene rings is 1. The summed E-state index contributed by atoms with van der Waals surface area (Å²) in [6.07, 6.45) is 3.59. The summed E-state index contributed by atoms with van der Waals surface area (Å²) in [7, 11) is 3.94. The quantitative estimate of drug-likeness (QED) is 0.592. The molecule has 4 heterocycles. The molecule has 2 aliphatic rings. The molecule has 2 aromatic heterocycles. The third kappa shape index (κ3) is 3.50. The number of aromatic nitrogens is 6. The minimum atomic E-state index is -0.283. The summed E-state index contributed by atoms with van der Waals surface area (Å²) in [5.74, 6) is 3.80. The third-order valence-electron chi connectivity index (χ3n) is 5.90. The second kappa shape index (κ2) is 7.84. The lowest BCUT2D eigenvalue weighted by molar-refractivity contribution is 0.0818. The highest BCUT2D eigenvalue weighted by atomic mass is 32.1. The van der Waals surface area contributed by atoms with Gasteiger partial charge in [0, 0.05) is 33.1 Å². The lowest BCUT2D eigenvalue weighted by Crippen LogP contribution is -2.35. The highest BCUT2D eigenvalue weighted by Gasteiger charge is 2.28. The van der Waals surface area contributed by atoms with Gasteiger partial charge in [-0.3, -0.25) is 4.90 Å². The van der Waals surface area contributed by atoms with Crippen LogP contribution in [0.25, 0.3) is 0 Å². The number of para-hydroxylation sites is 2. The topological polar surface area (TPSA) is 75.2 Å². The molecule has 30 heavy (non-hydrogen) atoms. The number of aryl methyl sites for hydroxylation is 1. The zero-order valence-electron chi connectivity index (χ0n) is 17.1. The van der Waals surface area contributed by atoms with Crippen LogP contribution >= 0.6 is 12.2 Å². The molecule has 3 aromatic rings. The summed E-state index contributed by atoms with van der Waals surface area (Å²) in [5, 5.41) is 13.1. The largest absolute Gasteiger partial charge is 0.485 e. The molecule has 0 spiro atoms. The standard InChI is InChI=1S/C20H25N7O2S/c1-24-12-21-22-18(24)14-7-9-26(10-8-14)13-27-20(30)25(2)19(23-27)17-11-28-15-5-3-4-6-16(15)29-17/h3-6,12,14,17H,7-11,13H2,1-2H3. The molecule has 1 aromatic carbocycles. The first kappa shape index (κ1) is 19.3. The fourth-order valence-electron chi connectivity index (χ4n) is 4.21. The van der Waals surface area contributed by atoms with Gasteiger partial charge >= 0.3 is 0 Å². The zero-order chi connectivity index (χ0) is 20.7. The Labute approximate surface area is 179 Å². The maximum absolute atomic E-state index is 6.13. The van der Waals surface area contributed by atoms with Crippen LogP contribution in [0.3, 0.4) is 0 Å². The number of likely N-dealkylation sites (tertiary alicyclic amines) is 1. The summed E-state index contributed by atoms with van der Waals surface area (Å²) in [6.45, 7) is 3.03. The number of ether oxygens (including phenoxy) is 2. The van der Waals surface area contributed by atoms with E-state index in [2.05, 4.69) is 15.1 Å². The molecule has 0 aliphatic carbocycles. The first-order chi connectivity index (χ1) is 14.6. The lowest BCUT2D eigenvalue weighted by Gasteiger charge is -2.31. The highest BCUT2D eigenvalue weighted by Crippen LogP contribution is 2.35. The Hall–Kier alpha value is -2.72. The van der Waals surface area contributed by atoms with Crippen LogP contribution in [0.15, 0.2) is 30.6 Å². The van der Waals surface area contributed by atoms with Gasteiger partial charge in [-0.05, 0) is 37.2 Å². The summed E-state index contributed by atoms with van der Waals surface area (Å²) in [4.78, 5) is 2.38. The summed E-state index contributed by atoms with van der Waals surface area (Å²) in [6, 6.07) is 7.69. The van der Waals surface area contributed by atoms with Crippen LogP contribution in [0.4, 0.5) is 0 Å². The van der Waals surface area contributed by atoms with Crippen molar-refractivity contribution < 1.29 is 9.47 Å². The average Bonchev–Trinajstić information content (AvgIpc) is 3.32. The van der Waals surface area contributed by atoms with Gasteiger partial charge in [0.05, 0.1) is 6.67 Å². The molecule has 9 nitrogen and oxygen atoms in total. The molecule has 5 rings (SSSR count). The van der Waals surface area contributed by atoms with E-state index in [0.717, 1.165) is 49.1 Å². The predicted octanol–water partition coefficient (Wildman–Crippen LogP) is 2.43. The second-order valence-electron chi connectivity index (χ2n) is 7.90.